The monoisotopic (exact) mass is 121 g/mol. The van der Waals surface area contributed by atoms with E-state index in [1.54, 1.807) is 7.11 Å². The molecule has 8 heavy (non-hydrogen) atoms. The van der Waals surface area contributed by atoms with Crippen molar-refractivity contribution < 1.29 is 14.4 Å². The standard InChI is InChI=1S/C4H11NO3/c1-6-3-4-8-5-7-2/h5H,3-4H2,1-2H3. The second-order valence-corrected chi connectivity index (χ2v) is 1.13. The molecule has 0 amide bonds. The number of hydrogen-bond donors (Lipinski definition) is 1. The normalized spacial score (nSPS) is 9.75. The van der Waals surface area contributed by atoms with E-state index in [-0.39, 0.29) is 0 Å². The SMILES string of the molecule is COCCONOC. The number of nitrogens with one attached hydrogen (secondary N) is 1. The zero-order chi connectivity index (χ0) is 6.24. The van der Waals surface area contributed by atoms with Crippen LogP contribution < -0.4 is 5.64 Å². The van der Waals surface area contributed by atoms with Crippen molar-refractivity contribution in [3.63, 3.8) is 0 Å². The van der Waals surface area contributed by atoms with Crippen LogP contribution >= 0.6 is 0 Å². The van der Waals surface area contributed by atoms with Crippen molar-refractivity contribution in [1.29, 1.82) is 0 Å². The van der Waals surface area contributed by atoms with E-state index in [1.807, 2.05) is 0 Å². The lowest BCUT2D eigenvalue weighted by Gasteiger charge is -1.99. The molecule has 4 nitrogen and oxygen atoms in total. The maximum absolute atomic E-state index is 4.67. The van der Waals surface area contributed by atoms with Gasteiger partial charge in [0.1, 0.15) is 0 Å². The van der Waals surface area contributed by atoms with Gasteiger partial charge in [0.25, 0.3) is 0 Å². The molecule has 0 radical (unpaired) electrons. The zero-order valence-electron chi connectivity index (χ0n) is 5.14. The summed E-state index contributed by atoms with van der Waals surface area (Å²) in [5.41, 5.74) is 2.20. The van der Waals surface area contributed by atoms with Crippen LogP contribution in [0.25, 0.3) is 0 Å². The molecule has 0 aliphatic carbocycles. The van der Waals surface area contributed by atoms with Gasteiger partial charge in [0.05, 0.1) is 20.3 Å². The van der Waals surface area contributed by atoms with Crippen molar-refractivity contribution in [2.24, 2.45) is 0 Å². The van der Waals surface area contributed by atoms with E-state index in [0.717, 1.165) is 0 Å². The van der Waals surface area contributed by atoms with Gasteiger partial charge in [-0.15, -0.1) is 0 Å². The highest BCUT2D eigenvalue weighted by molar-refractivity contribution is 4.17. The fourth-order valence-corrected chi connectivity index (χ4v) is 0.226. The van der Waals surface area contributed by atoms with Crippen LogP contribution in [-0.2, 0) is 14.4 Å². The number of hydrogen-bond acceptors (Lipinski definition) is 4. The van der Waals surface area contributed by atoms with Crippen LogP contribution in [-0.4, -0.2) is 27.4 Å². The lowest BCUT2D eigenvalue weighted by atomic mass is 10.8. The van der Waals surface area contributed by atoms with Crippen LogP contribution in [0, 0.1) is 0 Å². The third kappa shape index (κ3) is 5.84. The van der Waals surface area contributed by atoms with Gasteiger partial charge < -0.3 is 4.74 Å². The molecule has 1 N–H and O–H groups in total. The predicted octanol–water partition coefficient (Wildman–Crippen LogP) is -0.285. The van der Waals surface area contributed by atoms with E-state index in [9.17, 15) is 0 Å². The van der Waals surface area contributed by atoms with Crippen molar-refractivity contribution >= 4 is 0 Å². The van der Waals surface area contributed by atoms with Crippen molar-refractivity contribution in [3.8, 4) is 0 Å². The molecule has 0 aliphatic rings. The summed E-state index contributed by atoms with van der Waals surface area (Å²) in [6.45, 7) is 1.06. The van der Waals surface area contributed by atoms with E-state index in [1.165, 1.54) is 7.11 Å². The van der Waals surface area contributed by atoms with Gasteiger partial charge in [0, 0.05) is 7.11 Å². The van der Waals surface area contributed by atoms with E-state index in [2.05, 4.69) is 20.1 Å². The molecule has 0 aliphatic heterocycles. The molecule has 0 aromatic heterocycles. The third-order valence-electron chi connectivity index (χ3n) is 0.532. The largest absolute Gasteiger partial charge is 0.382 e. The first-order valence-electron chi connectivity index (χ1n) is 2.30. The van der Waals surface area contributed by atoms with Gasteiger partial charge in [0.2, 0.25) is 0 Å². The molecule has 0 heterocycles. The lowest BCUT2D eigenvalue weighted by Crippen LogP contribution is -2.15. The number of ether oxygens (including phenoxy) is 1. The molecular weight excluding hydrogens is 110 g/mol. The Balaban J connectivity index is 2.53. The van der Waals surface area contributed by atoms with E-state index in [4.69, 9.17) is 0 Å². The molecule has 0 saturated heterocycles. The highest BCUT2D eigenvalue weighted by Crippen LogP contribution is 1.67. The lowest BCUT2D eigenvalue weighted by molar-refractivity contribution is -0.158. The topological polar surface area (TPSA) is 39.7 Å². The van der Waals surface area contributed by atoms with Gasteiger partial charge >= 0.3 is 0 Å². The predicted molar refractivity (Wildman–Crippen MR) is 28.0 cm³/mol. The molecule has 4 heteroatoms. The van der Waals surface area contributed by atoms with Crippen LogP contribution in [0.4, 0.5) is 0 Å². The second-order valence-electron chi connectivity index (χ2n) is 1.13. The molecule has 0 fully saturated rings. The fourth-order valence-electron chi connectivity index (χ4n) is 0.226. The Labute approximate surface area is 48.6 Å². The van der Waals surface area contributed by atoms with Crippen LogP contribution in [0.5, 0.6) is 0 Å². The van der Waals surface area contributed by atoms with E-state index >= 15 is 0 Å². The second kappa shape index (κ2) is 6.84. The summed E-state index contributed by atoms with van der Waals surface area (Å²) in [5, 5.41) is 0. The molecule has 0 aromatic carbocycles. The minimum atomic E-state index is 0.490. The minimum Gasteiger partial charge on any atom is -0.382 e. The molecule has 0 bridgehead atoms. The van der Waals surface area contributed by atoms with E-state index < -0.39 is 0 Å². The highest BCUT2D eigenvalue weighted by Gasteiger charge is 1.80. The Morgan fingerprint density at radius 3 is 2.50 bits per heavy atom. The first kappa shape index (κ1) is 7.84. The molecule has 0 aromatic rings. The molecule has 0 unspecified atom stereocenters. The smallest absolute Gasteiger partial charge is 0.0942 e. The number of rotatable bonds is 5. The summed E-state index contributed by atoms with van der Waals surface area (Å²) >= 11 is 0. The third-order valence-corrected chi connectivity index (χ3v) is 0.532. The molecule has 0 saturated carbocycles. The summed E-state index contributed by atoms with van der Waals surface area (Å²) in [6, 6.07) is 0. The first-order chi connectivity index (χ1) is 3.91. The van der Waals surface area contributed by atoms with Crippen LogP contribution in [0.15, 0.2) is 0 Å². The summed E-state index contributed by atoms with van der Waals surface area (Å²) < 4.78 is 4.67. The quantitative estimate of drug-likeness (QED) is 0.401. The Hall–Kier alpha value is -0.160. The highest BCUT2D eigenvalue weighted by atomic mass is 16.9. The van der Waals surface area contributed by atoms with Gasteiger partial charge in [-0.05, 0) is 0 Å². The van der Waals surface area contributed by atoms with Gasteiger partial charge in [-0.25, -0.2) is 0 Å². The zero-order valence-corrected chi connectivity index (χ0v) is 5.14. The van der Waals surface area contributed by atoms with Crippen molar-refractivity contribution in [1.82, 2.24) is 5.64 Å². The van der Waals surface area contributed by atoms with E-state index in [0.29, 0.717) is 13.2 Å². The Morgan fingerprint density at radius 1 is 1.25 bits per heavy atom. The van der Waals surface area contributed by atoms with Crippen molar-refractivity contribution in [3.05, 3.63) is 0 Å². The Morgan fingerprint density at radius 2 is 2.00 bits per heavy atom. The molecule has 0 rings (SSSR count). The molecule has 50 valence electrons. The number of methoxy groups -OCH3 is 1. The van der Waals surface area contributed by atoms with Crippen LogP contribution in [0.3, 0.4) is 0 Å². The van der Waals surface area contributed by atoms with Crippen molar-refractivity contribution in [2.45, 2.75) is 0 Å². The molecule has 0 spiro atoms. The summed E-state index contributed by atoms with van der Waals surface area (Å²) in [6.07, 6.45) is 0. The maximum atomic E-state index is 4.67. The maximum Gasteiger partial charge on any atom is 0.0942 e. The van der Waals surface area contributed by atoms with Gasteiger partial charge in [-0.3, -0.25) is 9.68 Å². The van der Waals surface area contributed by atoms with Gasteiger partial charge in [0.15, 0.2) is 0 Å². The van der Waals surface area contributed by atoms with Crippen LogP contribution in [0.2, 0.25) is 0 Å². The van der Waals surface area contributed by atoms with Gasteiger partial charge in [-0.1, -0.05) is 5.64 Å². The van der Waals surface area contributed by atoms with Crippen molar-refractivity contribution in [2.75, 3.05) is 27.4 Å². The molecule has 0 atom stereocenters. The molecular formula is C4H11NO3. The van der Waals surface area contributed by atoms with Crippen LogP contribution in [0.1, 0.15) is 0 Å². The summed E-state index contributed by atoms with van der Waals surface area (Å²) in [7, 11) is 3.09. The first-order valence-corrected chi connectivity index (χ1v) is 2.30. The fraction of sp³-hybridized carbons (Fsp3) is 1.00. The minimum absolute atomic E-state index is 0.490. The average molecular weight is 121 g/mol. The van der Waals surface area contributed by atoms with Gasteiger partial charge in [-0.2, -0.15) is 0 Å². The average Bonchev–Trinajstić information content (AvgIpc) is 1.81. The summed E-state index contributed by atoms with van der Waals surface area (Å²) in [4.78, 5) is 8.99. The Kier molecular flexibility index (Phi) is 6.70. The summed E-state index contributed by atoms with van der Waals surface area (Å²) in [5.74, 6) is 0. The Bertz CT molecular complexity index is 36.3.